The fourth-order valence-electron chi connectivity index (χ4n) is 15.6. The van der Waals surface area contributed by atoms with Gasteiger partial charge in [0, 0.05) is 57.9 Å². The van der Waals surface area contributed by atoms with Crippen molar-refractivity contribution in [3.05, 3.63) is 0 Å². The van der Waals surface area contributed by atoms with Crippen molar-refractivity contribution in [2.24, 2.45) is 56.7 Å². The number of methoxy groups -OCH3 is 1. The maximum Gasteiger partial charge on any atom is 0.170 e. The standard InChI is InChI=1S/C45H78N2O6/c1-10-51-39(41(5,6)49)33(50-9)22-29(2)32-23-36(48)43(8)35-15-14-34-40(3,4)37(16-17-44(34)28-45(35,44)19-18-42(32,43)7)53-38-27-46(20-21-52-38)24-30-25-47(26-30)31-12-11-13-31/h29-39,48-49H,10-28H2,1-9H3/t29-,32-,33?,34+,35?,36+,37+,38+,39+,42-,43-,44-,45+/m1/s1. The van der Waals surface area contributed by atoms with Crippen LogP contribution in [0.2, 0.25) is 0 Å². The molecule has 53 heavy (non-hydrogen) atoms. The van der Waals surface area contributed by atoms with Gasteiger partial charge >= 0.3 is 0 Å². The van der Waals surface area contributed by atoms with E-state index in [4.69, 9.17) is 18.9 Å². The molecule has 8 fully saturated rings. The number of rotatable bonds is 13. The van der Waals surface area contributed by atoms with Crippen molar-refractivity contribution in [2.45, 2.75) is 175 Å². The summed E-state index contributed by atoms with van der Waals surface area (Å²) in [4.78, 5) is 5.36. The molecule has 2 spiro atoms. The number of hydrogen-bond acceptors (Lipinski definition) is 8. The Balaban J connectivity index is 0.925. The van der Waals surface area contributed by atoms with Gasteiger partial charge in [0.05, 0.1) is 30.5 Å². The monoisotopic (exact) mass is 743 g/mol. The molecule has 13 atom stereocenters. The number of hydrogen-bond donors (Lipinski definition) is 2. The quantitative estimate of drug-likeness (QED) is 0.206. The highest BCUT2D eigenvalue weighted by molar-refractivity contribution is 5.31. The molecule has 304 valence electrons. The molecular weight excluding hydrogens is 665 g/mol. The molecule has 8 rings (SSSR count). The zero-order valence-corrected chi connectivity index (χ0v) is 35.2. The van der Waals surface area contributed by atoms with Crippen LogP contribution >= 0.6 is 0 Å². The first-order chi connectivity index (χ1) is 25.0. The Morgan fingerprint density at radius 1 is 0.943 bits per heavy atom. The number of morpholine rings is 1. The minimum absolute atomic E-state index is 0.0709. The topological polar surface area (TPSA) is 83.9 Å². The lowest BCUT2D eigenvalue weighted by atomic mass is 9.41. The predicted octanol–water partition coefficient (Wildman–Crippen LogP) is 7.14. The zero-order chi connectivity index (χ0) is 37.8. The van der Waals surface area contributed by atoms with Crippen LogP contribution in [0.4, 0.5) is 0 Å². The van der Waals surface area contributed by atoms with Gasteiger partial charge in [-0.25, -0.2) is 0 Å². The largest absolute Gasteiger partial charge is 0.393 e. The van der Waals surface area contributed by atoms with E-state index < -0.39 is 5.60 Å². The van der Waals surface area contributed by atoms with Crippen LogP contribution in [-0.2, 0) is 18.9 Å². The lowest BCUT2D eigenvalue weighted by molar-refractivity contribution is -0.250. The van der Waals surface area contributed by atoms with Crippen molar-refractivity contribution in [3.63, 3.8) is 0 Å². The third kappa shape index (κ3) is 6.09. The molecule has 0 aromatic carbocycles. The molecule has 8 heteroatoms. The Bertz CT molecular complexity index is 1310. The molecule has 0 amide bonds. The molecule has 8 nitrogen and oxygen atoms in total. The molecule has 0 radical (unpaired) electrons. The summed E-state index contributed by atoms with van der Waals surface area (Å²) >= 11 is 0. The molecule has 6 saturated carbocycles. The van der Waals surface area contributed by atoms with Crippen LogP contribution in [0.25, 0.3) is 0 Å². The highest BCUT2D eigenvalue weighted by Crippen LogP contribution is 2.89. The lowest BCUT2D eigenvalue weighted by Crippen LogP contribution is -2.60. The summed E-state index contributed by atoms with van der Waals surface area (Å²) in [6.45, 7) is 25.2. The average molecular weight is 743 g/mol. The Labute approximate surface area is 322 Å². The van der Waals surface area contributed by atoms with Crippen LogP contribution < -0.4 is 0 Å². The van der Waals surface area contributed by atoms with E-state index in [9.17, 15) is 10.2 Å². The first kappa shape index (κ1) is 39.5. The second kappa shape index (κ2) is 13.9. The molecule has 2 saturated heterocycles. The van der Waals surface area contributed by atoms with Crippen molar-refractivity contribution in [3.8, 4) is 0 Å². The number of ether oxygens (including phenoxy) is 4. The second-order valence-electron chi connectivity index (χ2n) is 21.7. The van der Waals surface area contributed by atoms with Gasteiger partial charge in [-0.1, -0.05) is 41.0 Å². The summed E-state index contributed by atoms with van der Waals surface area (Å²) in [6, 6.07) is 0.883. The lowest BCUT2D eigenvalue weighted by Gasteiger charge is -2.64. The van der Waals surface area contributed by atoms with Crippen LogP contribution in [0, 0.1) is 56.7 Å². The van der Waals surface area contributed by atoms with Crippen LogP contribution in [0.15, 0.2) is 0 Å². The molecule has 2 aliphatic heterocycles. The van der Waals surface area contributed by atoms with Gasteiger partial charge in [0.2, 0.25) is 0 Å². The highest BCUT2D eigenvalue weighted by atomic mass is 16.7. The number of aliphatic hydroxyl groups is 2. The molecular formula is C45H78N2O6. The van der Waals surface area contributed by atoms with Crippen LogP contribution in [0.5, 0.6) is 0 Å². The summed E-state index contributed by atoms with van der Waals surface area (Å²) in [7, 11) is 1.76. The van der Waals surface area contributed by atoms with Gasteiger partial charge in [0.25, 0.3) is 0 Å². The fraction of sp³-hybridized carbons (Fsp3) is 1.00. The molecule has 8 aliphatic rings. The van der Waals surface area contributed by atoms with Crippen molar-refractivity contribution >= 4 is 0 Å². The minimum Gasteiger partial charge on any atom is -0.393 e. The SMILES string of the molecule is CCO[C@@H](C(C[C@@H](C)[C@H]1C[C@H](O)[C@@]2(C)C3CC[C@H]4C(C)(C)[C@@H](O[C@H]5CN(CC6CN(C7CCC7)C6)CCO5)CC[C@@]45C[C@@]35CC[C@]12C)OC)C(C)(C)O. The molecule has 6 aliphatic carbocycles. The van der Waals surface area contributed by atoms with Gasteiger partial charge in [0.1, 0.15) is 6.10 Å². The van der Waals surface area contributed by atoms with Crippen LogP contribution in [0.3, 0.4) is 0 Å². The summed E-state index contributed by atoms with van der Waals surface area (Å²) in [5, 5.41) is 23.3. The van der Waals surface area contributed by atoms with E-state index in [1.54, 1.807) is 7.11 Å². The molecule has 2 heterocycles. The molecule has 0 bridgehead atoms. The minimum atomic E-state index is -0.991. The second-order valence-corrected chi connectivity index (χ2v) is 21.7. The fourth-order valence-corrected chi connectivity index (χ4v) is 15.6. The third-order valence-electron chi connectivity index (χ3n) is 18.7. The van der Waals surface area contributed by atoms with Crippen molar-refractivity contribution < 1.29 is 29.2 Å². The van der Waals surface area contributed by atoms with E-state index in [0.29, 0.717) is 41.1 Å². The van der Waals surface area contributed by atoms with E-state index in [2.05, 4.69) is 44.4 Å². The van der Waals surface area contributed by atoms with Gasteiger partial charge in [-0.05, 0) is 143 Å². The van der Waals surface area contributed by atoms with Crippen molar-refractivity contribution in [2.75, 3.05) is 53.0 Å². The molecule has 0 aromatic heterocycles. The maximum atomic E-state index is 12.3. The number of likely N-dealkylation sites (tertiary alicyclic amines) is 1. The third-order valence-corrected chi connectivity index (χ3v) is 18.7. The summed E-state index contributed by atoms with van der Waals surface area (Å²) in [6.07, 6.45) is 14.0. The van der Waals surface area contributed by atoms with Crippen molar-refractivity contribution in [1.29, 1.82) is 0 Å². The first-order valence-corrected chi connectivity index (χ1v) is 22.3. The molecule has 2 unspecified atom stereocenters. The Morgan fingerprint density at radius 3 is 2.32 bits per heavy atom. The number of aliphatic hydroxyl groups excluding tert-OH is 1. The van der Waals surface area contributed by atoms with E-state index in [-0.39, 0.29) is 47.0 Å². The predicted molar refractivity (Wildman–Crippen MR) is 208 cm³/mol. The smallest absolute Gasteiger partial charge is 0.170 e. The van der Waals surface area contributed by atoms with E-state index in [0.717, 1.165) is 50.9 Å². The number of fused-ring (bicyclic) bond motifs is 2. The van der Waals surface area contributed by atoms with Gasteiger partial charge in [0.15, 0.2) is 6.29 Å². The number of nitrogens with zero attached hydrogens (tertiary/aromatic N) is 2. The maximum absolute atomic E-state index is 12.3. The van der Waals surface area contributed by atoms with Gasteiger partial charge in [-0.15, -0.1) is 0 Å². The average Bonchev–Trinajstić information content (AvgIpc) is 3.68. The summed E-state index contributed by atoms with van der Waals surface area (Å²) in [5.74, 6) is 2.81. The van der Waals surface area contributed by atoms with Gasteiger partial charge in [-0.2, -0.15) is 0 Å². The van der Waals surface area contributed by atoms with E-state index in [1.807, 2.05) is 20.8 Å². The Morgan fingerprint density at radius 2 is 1.66 bits per heavy atom. The zero-order valence-electron chi connectivity index (χ0n) is 35.2. The Hall–Kier alpha value is -0.320. The van der Waals surface area contributed by atoms with Gasteiger partial charge in [-0.3, -0.25) is 9.80 Å². The highest BCUT2D eigenvalue weighted by Gasteiger charge is 2.83. The molecule has 0 aromatic rings. The van der Waals surface area contributed by atoms with Gasteiger partial charge < -0.3 is 29.2 Å². The summed E-state index contributed by atoms with van der Waals surface area (Å²) in [5.41, 5.74) is -0.161. The van der Waals surface area contributed by atoms with E-state index in [1.165, 1.54) is 77.4 Å². The molecule has 2 N–H and O–H groups in total. The van der Waals surface area contributed by atoms with Crippen LogP contribution in [0.1, 0.15) is 132 Å². The Kier molecular flexibility index (Phi) is 10.4. The summed E-state index contributed by atoms with van der Waals surface area (Å²) < 4.78 is 25.5. The first-order valence-electron chi connectivity index (χ1n) is 22.3. The van der Waals surface area contributed by atoms with Crippen molar-refractivity contribution in [1.82, 2.24) is 9.80 Å². The van der Waals surface area contributed by atoms with Crippen LogP contribution in [-0.4, -0.2) is 115 Å². The van der Waals surface area contributed by atoms with E-state index >= 15 is 0 Å². The normalized spacial score (nSPS) is 46.2.